The van der Waals surface area contributed by atoms with E-state index in [-0.39, 0.29) is 19.0 Å². The van der Waals surface area contributed by atoms with Crippen LogP contribution in [0.4, 0.5) is 0 Å². The molecule has 0 spiro atoms. The summed E-state index contributed by atoms with van der Waals surface area (Å²) >= 11 is 15.1. The first-order valence-electron chi connectivity index (χ1n) is 7.83. The van der Waals surface area contributed by atoms with Crippen LogP contribution in [0.25, 0.3) is 11.1 Å². The molecule has 0 aromatic heterocycles. The Labute approximate surface area is 177 Å². The Bertz CT molecular complexity index is 885. The predicted octanol–water partition coefficient (Wildman–Crippen LogP) is 4.88. The lowest BCUT2D eigenvalue weighted by molar-refractivity contribution is 0.282. The zero-order valence-electron chi connectivity index (χ0n) is 14.4. The van der Waals surface area contributed by atoms with Crippen molar-refractivity contribution in [3.05, 3.63) is 49.0 Å². The van der Waals surface area contributed by atoms with Gasteiger partial charge in [-0.3, -0.25) is 0 Å². The summed E-state index contributed by atoms with van der Waals surface area (Å²) in [6, 6.07) is 7.54. The summed E-state index contributed by atoms with van der Waals surface area (Å²) in [6.45, 7) is 2.04. The average molecular weight is 529 g/mol. The molecule has 0 unspecified atom stereocenters. The van der Waals surface area contributed by atoms with Crippen molar-refractivity contribution in [2.45, 2.75) is 20.0 Å². The molecule has 2 aromatic rings. The van der Waals surface area contributed by atoms with Gasteiger partial charge in [0.2, 0.25) is 0 Å². The van der Waals surface area contributed by atoms with Crippen LogP contribution in [-0.4, -0.2) is 32.1 Å². The van der Waals surface area contributed by atoms with Gasteiger partial charge in [-0.1, -0.05) is 41.4 Å². The average Bonchev–Trinajstić information content (AvgIpc) is 2.59. The van der Waals surface area contributed by atoms with Gasteiger partial charge in [0.15, 0.2) is 5.75 Å². The highest BCUT2D eigenvalue weighted by atomic mass is 127. The molecule has 26 heavy (non-hydrogen) atoms. The molecule has 0 saturated carbocycles. The summed E-state index contributed by atoms with van der Waals surface area (Å²) in [5.74, 6) is 0.412. The number of ether oxygens (including phenoxy) is 1. The van der Waals surface area contributed by atoms with Crippen LogP contribution in [-0.2, 0) is 16.4 Å². The molecular weight excluding hydrogens is 510 g/mol. The second-order valence-corrected chi connectivity index (χ2v) is 10.1. The molecule has 0 radical (unpaired) electrons. The van der Waals surface area contributed by atoms with Gasteiger partial charge in [0, 0.05) is 15.4 Å². The first kappa shape index (κ1) is 21.8. The molecule has 0 heterocycles. The molecule has 2 aromatic carbocycles. The lowest BCUT2D eigenvalue weighted by Crippen LogP contribution is -2.09. The smallest absolute Gasteiger partial charge is 0.157 e. The Morgan fingerprint density at radius 3 is 2.54 bits per heavy atom. The Hall–Kier alpha value is -0.540. The van der Waals surface area contributed by atoms with Crippen molar-refractivity contribution in [2.75, 3.05) is 18.6 Å². The van der Waals surface area contributed by atoms with Crippen LogP contribution < -0.4 is 4.74 Å². The number of hydrogen-bond acceptors (Lipinski definition) is 4. The largest absolute Gasteiger partial charge is 0.490 e. The third kappa shape index (κ3) is 5.25. The van der Waals surface area contributed by atoms with Crippen molar-refractivity contribution in [3.63, 3.8) is 0 Å². The molecule has 0 amide bonds. The molecule has 1 N–H and O–H groups in total. The lowest BCUT2D eigenvalue weighted by Gasteiger charge is -2.18. The second kappa shape index (κ2) is 9.10. The van der Waals surface area contributed by atoms with E-state index in [2.05, 4.69) is 22.6 Å². The summed E-state index contributed by atoms with van der Waals surface area (Å²) in [5, 5.41) is 10.2. The van der Waals surface area contributed by atoms with E-state index in [1.807, 2.05) is 31.2 Å². The van der Waals surface area contributed by atoms with E-state index in [9.17, 15) is 13.5 Å². The molecule has 0 fully saturated rings. The molecule has 8 heteroatoms. The Morgan fingerprint density at radius 2 is 1.92 bits per heavy atom. The minimum Gasteiger partial charge on any atom is -0.490 e. The topological polar surface area (TPSA) is 63.6 Å². The van der Waals surface area contributed by atoms with Crippen LogP contribution in [0.1, 0.15) is 17.5 Å². The molecule has 2 rings (SSSR count). The number of aliphatic hydroxyl groups is 1. The van der Waals surface area contributed by atoms with Crippen molar-refractivity contribution in [2.24, 2.45) is 0 Å². The molecule has 0 aliphatic rings. The fourth-order valence-electron chi connectivity index (χ4n) is 2.54. The first-order valence-corrected chi connectivity index (χ1v) is 11.7. The van der Waals surface area contributed by atoms with Crippen LogP contribution in [0.5, 0.6) is 5.75 Å². The van der Waals surface area contributed by atoms with Gasteiger partial charge in [-0.05, 0) is 58.7 Å². The SMILES string of the molecule is Cc1c(Cl)c(OCCCS(C)(=O)=O)c(Cl)c(I)c1-c1cccc(CO)c1. The Balaban J connectivity index is 2.37. The Morgan fingerprint density at radius 1 is 1.23 bits per heavy atom. The highest BCUT2D eigenvalue weighted by Gasteiger charge is 2.21. The molecular formula is C18H19Cl2IO4S. The number of aliphatic hydroxyl groups excluding tert-OH is 1. The fraction of sp³-hybridized carbons (Fsp3) is 0.333. The monoisotopic (exact) mass is 528 g/mol. The number of rotatable bonds is 7. The van der Waals surface area contributed by atoms with E-state index in [0.717, 1.165) is 25.8 Å². The first-order chi connectivity index (χ1) is 12.2. The Kier molecular flexibility index (Phi) is 7.62. The minimum absolute atomic E-state index is 0.0460. The minimum atomic E-state index is -3.03. The van der Waals surface area contributed by atoms with Crippen LogP contribution in [0, 0.1) is 10.5 Å². The van der Waals surface area contributed by atoms with Gasteiger partial charge in [-0.2, -0.15) is 0 Å². The molecule has 0 saturated heterocycles. The van der Waals surface area contributed by atoms with Crippen LogP contribution in [0.15, 0.2) is 24.3 Å². The number of benzene rings is 2. The molecule has 0 atom stereocenters. The van der Waals surface area contributed by atoms with Gasteiger partial charge >= 0.3 is 0 Å². The fourth-order valence-corrected chi connectivity index (χ4v) is 4.68. The van der Waals surface area contributed by atoms with Crippen molar-refractivity contribution < 1.29 is 18.3 Å². The normalized spacial score (nSPS) is 11.6. The van der Waals surface area contributed by atoms with Gasteiger partial charge in [-0.15, -0.1) is 0 Å². The summed E-state index contributed by atoms with van der Waals surface area (Å²) in [4.78, 5) is 0. The van der Waals surface area contributed by atoms with E-state index in [4.69, 9.17) is 27.9 Å². The molecule has 0 bridgehead atoms. The maximum absolute atomic E-state index is 11.2. The van der Waals surface area contributed by atoms with Crippen molar-refractivity contribution in [3.8, 4) is 16.9 Å². The molecule has 142 valence electrons. The zero-order valence-corrected chi connectivity index (χ0v) is 18.8. The number of halogens is 3. The van der Waals surface area contributed by atoms with Crippen LogP contribution >= 0.6 is 45.8 Å². The van der Waals surface area contributed by atoms with Crippen LogP contribution in [0.3, 0.4) is 0 Å². The lowest BCUT2D eigenvalue weighted by atomic mass is 9.98. The summed E-state index contributed by atoms with van der Waals surface area (Å²) in [7, 11) is -3.03. The third-order valence-corrected chi connectivity index (χ3v) is 7.06. The van der Waals surface area contributed by atoms with E-state index < -0.39 is 9.84 Å². The predicted molar refractivity (Wildman–Crippen MR) is 115 cm³/mol. The number of hydrogen-bond donors (Lipinski definition) is 1. The molecule has 4 nitrogen and oxygen atoms in total. The van der Waals surface area contributed by atoms with Crippen molar-refractivity contribution in [1.29, 1.82) is 0 Å². The molecule has 0 aliphatic carbocycles. The summed E-state index contributed by atoms with van der Waals surface area (Å²) < 4.78 is 28.9. The molecule has 0 aliphatic heterocycles. The third-order valence-electron chi connectivity index (χ3n) is 3.82. The highest BCUT2D eigenvalue weighted by Crippen LogP contribution is 2.45. The van der Waals surface area contributed by atoms with Crippen molar-refractivity contribution in [1.82, 2.24) is 0 Å². The standard InChI is InChI=1S/C18H19Cl2IO4S/c1-11-14(13-6-3-5-12(9-13)10-22)17(21)16(20)18(15(11)19)25-7-4-8-26(2,23)24/h3,5-6,9,22H,4,7-8,10H2,1-2H3. The summed E-state index contributed by atoms with van der Waals surface area (Å²) in [6.07, 6.45) is 1.55. The quantitative estimate of drug-likeness (QED) is 0.316. The zero-order chi connectivity index (χ0) is 19.5. The maximum Gasteiger partial charge on any atom is 0.157 e. The van der Waals surface area contributed by atoms with Gasteiger partial charge in [-0.25, -0.2) is 8.42 Å². The van der Waals surface area contributed by atoms with Gasteiger partial charge in [0.05, 0.1) is 29.0 Å². The maximum atomic E-state index is 11.2. The van der Waals surface area contributed by atoms with Crippen molar-refractivity contribution >= 4 is 55.6 Å². The van der Waals surface area contributed by atoms with E-state index >= 15 is 0 Å². The van der Waals surface area contributed by atoms with Gasteiger partial charge < -0.3 is 9.84 Å². The highest BCUT2D eigenvalue weighted by molar-refractivity contribution is 14.1. The van der Waals surface area contributed by atoms with Gasteiger partial charge in [0.1, 0.15) is 9.84 Å². The second-order valence-electron chi connectivity index (χ2n) is 5.96. The number of sulfone groups is 1. The van der Waals surface area contributed by atoms with Gasteiger partial charge in [0.25, 0.3) is 0 Å². The van der Waals surface area contributed by atoms with Crippen LogP contribution in [0.2, 0.25) is 10.0 Å². The van der Waals surface area contributed by atoms with E-state index in [0.29, 0.717) is 22.2 Å². The van der Waals surface area contributed by atoms with E-state index in [1.54, 1.807) is 0 Å². The summed E-state index contributed by atoms with van der Waals surface area (Å²) in [5.41, 5.74) is 3.41. The van der Waals surface area contributed by atoms with E-state index in [1.165, 1.54) is 6.26 Å².